The summed E-state index contributed by atoms with van der Waals surface area (Å²) in [5.74, 6) is 1.07. The number of hydrogen-bond acceptors (Lipinski definition) is 1. The van der Waals surface area contributed by atoms with Crippen LogP contribution in [-0.2, 0) is 6.54 Å². The number of imidazole rings is 1. The number of aryl methyl sites for hydroxylation is 2. The van der Waals surface area contributed by atoms with Crippen molar-refractivity contribution < 1.29 is 0 Å². The highest BCUT2D eigenvalue weighted by Crippen LogP contribution is 2.27. The monoisotopic (exact) mass is 342 g/mol. The number of unbranched alkanes of at least 4 members (excludes halogenated alkanes) is 1. The first kappa shape index (κ1) is 14.3. The zero-order valence-electron chi connectivity index (χ0n) is 12.4. The lowest BCUT2D eigenvalue weighted by Crippen LogP contribution is -2.00. The molecule has 108 valence electrons. The van der Waals surface area contributed by atoms with Gasteiger partial charge in [0.25, 0.3) is 0 Å². The molecule has 2 nitrogen and oxygen atoms in total. The first-order valence-electron chi connectivity index (χ1n) is 7.42. The van der Waals surface area contributed by atoms with Crippen LogP contribution in [0.25, 0.3) is 22.4 Å². The highest BCUT2D eigenvalue weighted by Gasteiger charge is 2.12. The number of nitrogens with zero attached hydrogens (tertiary/aromatic N) is 2. The predicted octanol–water partition coefficient (Wildman–Crippen LogP) is 5.57. The Morgan fingerprint density at radius 2 is 1.86 bits per heavy atom. The molecule has 0 aliphatic rings. The lowest BCUT2D eigenvalue weighted by atomic mass is 10.2. The van der Waals surface area contributed by atoms with E-state index in [1.54, 1.807) is 0 Å². The van der Waals surface area contributed by atoms with Crippen molar-refractivity contribution in [1.82, 2.24) is 9.55 Å². The van der Waals surface area contributed by atoms with Crippen molar-refractivity contribution in [2.75, 3.05) is 0 Å². The summed E-state index contributed by atoms with van der Waals surface area (Å²) in [4.78, 5) is 4.87. The van der Waals surface area contributed by atoms with Crippen LogP contribution in [0.1, 0.15) is 25.3 Å². The molecule has 0 aliphatic carbocycles. The first-order chi connectivity index (χ1) is 10.2. The van der Waals surface area contributed by atoms with Gasteiger partial charge in [-0.2, -0.15) is 0 Å². The number of aromatic nitrogens is 2. The quantitative estimate of drug-likeness (QED) is 0.605. The van der Waals surface area contributed by atoms with Crippen molar-refractivity contribution in [2.45, 2.75) is 33.2 Å². The standard InChI is InChI=1S/C18H19BrN2/c1-3-4-11-21-17-10-5-13(2)12-16(17)20-18(21)14-6-8-15(19)9-7-14/h5-10,12H,3-4,11H2,1-2H3. The van der Waals surface area contributed by atoms with E-state index in [-0.39, 0.29) is 0 Å². The number of benzene rings is 2. The molecule has 0 radical (unpaired) electrons. The Bertz CT molecular complexity index is 757. The average molecular weight is 343 g/mol. The summed E-state index contributed by atoms with van der Waals surface area (Å²) in [6, 6.07) is 14.9. The topological polar surface area (TPSA) is 17.8 Å². The van der Waals surface area contributed by atoms with Gasteiger partial charge in [-0.1, -0.05) is 47.5 Å². The third kappa shape index (κ3) is 2.88. The molecule has 0 unspecified atom stereocenters. The minimum atomic E-state index is 1.02. The van der Waals surface area contributed by atoms with E-state index in [0.717, 1.165) is 22.4 Å². The second-order valence-corrected chi connectivity index (χ2v) is 6.36. The fourth-order valence-electron chi connectivity index (χ4n) is 2.60. The van der Waals surface area contributed by atoms with Gasteiger partial charge in [-0.3, -0.25) is 0 Å². The fourth-order valence-corrected chi connectivity index (χ4v) is 2.87. The molecular formula is C18H19BrN2. The molecule has 1 heterocycles. The lowest BCUT2D eigenvalue weighted by Gasteiger charge is -2.08. The van der Waals surface area contributed by atoms with Crippen LogP contribution in [0.15, 0.2) is 46.9 Å². The molecule has 0 saturated carbocycles. The summed E-state index contributed by atoms with van der Waals surface area (Å²) in [6.07, 6.45) is 2.36. The number of hydrogen-bond donors (Lipinski definition) is 0. The van der Waals surface area contributed by atoms with E-state index in [0.29, 0.717) is 0 Å². The van der Waals surface area contributed by atoms with Crippen LogP contribution in [0.3, 0.4) is 0 Å². The maximum absolute atomic E-state index is 4.87. The average Bonchev–Trinajstić information content (AvgIpc) is 2.83. The molecule has 0 spiro atoms. The molecule has 21 heavy (non-hydrogen) atoms. The van der Waals surface area contributed by atoms with Crippen LogP contribution < -0.4 is 0 Å². The van der Waals surface area contributed by atoms with Gasteiger partial charge >= 0.3 is 0 Å². The Morgan fingerprint density at radius 1 is 1.10 bits per heavy atom. The molecule has 0 bridgehead atoms. The zero-order chi connectivity index (χ0) is 14.8. The normalized spacial score (nSPS) is 11.2. The van der Waals surface area contributed by atoms with Gasteiger partial charge in [0.05, 0.1) is 11.0 Å². The Hall–Kier alpha value is -1.61. The van der Waals surface area contributed by atoms with E-state index in [2.05, 4.69) is 76.8 Å². The molecule has 0 N–H and O–H groups in total. The van der Waals surface area contributed by atoms with Gasteiger partial charge in [0.1, 0.15) is 5.82 Å². The summed E-state index contributed by atoms with van der Waals surface area (Å²) in [5.41, 5.74) is 4.74. The molecule has 0 aliphatic heterocycles. The second kappa shape index (κ2) is 6.02. The van der Waals surface area contributed by atoms with Gasteiger partial charge in [0.15, 0.2) is 0 Å². The summed E-state index contributed by atoms with van der Waals surface area (Å²) in [6.45, 7) is 5.35. The third-order valence-corrected chi connectivity index (χ3v) is 4.27. The van der Waals surface area contributed by atoms with Crippen LogP contribution >= 0.6 is 15.9 Å². The van der Waals surface area contributed by atoms with Gasteiger partial charge in [0, 0.05) is 16.6 Å². The SMILES string of the molecule is CCCCn1c(-c2ccc(Br)cc2)nc2cc(C)ccc21. The van der Waals surface area contributed by atoms with Gasteiger partial charge < -0.3 is 4.57 Å². The molecule has 1 aromatic heterocycles. The number of fused-ring (bicyclic) bond motifs is 1. The predicted molar refractivity (Wildman–Crippen MR) is 92.5 cm³/mol. The molecule has 0 amide bonds. The van der Waals surface area contributed by atoms with E-state index < -0.39 is 0 Å². The van der Waals surface area contributed by atoms with Crippen LogP contribution in [0.4, 0.5) is 0 Å². The highest BCUT2D eigenvalue weighted by atomic mass is 79.9. The van der Waals surface area contributed by atoms with Crippen molar-refractivity contribution in [3.8, 4) is 11.4 Å². The van der Waals surface area contributed by atoms with Crippen molar-refractivity contribution in [3.05, 3.63) is 52.5 Å². The van der Waals surface area contributed by atoms with Crippen molar-refractivity contribution in [3.63, 3.8) is 0 Å². The minimum Gasteiger partial charge on any atom is -0.324 e. The van der Waals surface area contributed by atoms with Crippen molar-refractivity contribution in [1.29, 1.82) is 0 Å². The van der Waals surface area contributed by atoms with Crippen LogP contribution in [-0.4, -0.2) is 9.55 Å². The number of rotatable bonds is 4. The molecule has 3 heteroatoms. The Balaban J connectivity index is 2.17. The van der Waals surface area contributed by atoms with Crippen molar-refractivity contribution in [2.24, 2.45) is 0 Å². The van der Waals surface area contributed by atoms with E-state index in [1.807, 2.05) is 0 Å². The maximum Gasteiger partial charge on any atom is 0.141 e. The van der Waals surface area contributed by atoms with Crippen LogP contribution in [0.2, 0.25) is 0 Å². The zero-order valence-corrected chi connectivity index (χ0v) is 14.0. The smallest absolute Gasteiger partial charge is 0.141 e. The minimum absolute atomic E-state index is 1.02. The Kier molecular flexibility index (Phi) is 4.11. The van der Waals surface area contributed by atoms with E-state index >= 15 is 0 Å². The molecular weight excluding hydrogens is 324 g/mol. The maximum atomic E-state index is 4.87. The van der Waals surface area contributed by atoms with Gasteiger partial charge in [-0.05, 0) is 43.2 Å². The third-order valence-electron chi connectivity index (χ3n) is 3.74. The molecule has 0 fully saturated rings. The highest BCUT2D eigenvalue weighted by molar-refractivity contribution is 9.10. The Labute approximate surface area is 134 Å². The molecule has 3 rings (SSSR count). The summed E-state index contributed by atoms with van der Waals surface area (Å²) >= 11 is 3.50. The molecule has 3 aromatic rings. The van der Waals surface area contributed by atoms with E-state index in [4.69, 9.17) is 4.98 Å². The summed E-state index contributed by atoms with van der Waals surface area (Å²) < 4.78 is 3.44. The molecule has 0 atom stereocenters. The fraction of sp³-hybridized carbons (Fsp3) is 0.278. The van der Waals surface area contributed by atoms with E-state index in [9.17, 15) is 0 Å². The largest absolute Gasteiger partial charge is 0.324 e. The van der Waals surface area contributed by atoms with Crippen molar-refractivity contribution >= 4 is 27.0 Å². The van der Waals surface area contributed by atoms with Crippen LogP contribution in [0.5, 0.6) is 0 Å². The summed E-state index contributed by atoms with van der Waals surface area (Å²) in [7, 11) is 0. The van der Waals surface area contributed by atoms with E-state index in [1.165, 1.54) is 29.5 Å². The number of halogens is 1. The van der Waals surface area contributed by atoms with Gasteiger partial charge in [-0.25, -0.2) is 4.98 Å². The molecule has 0 saturated heterocycles. The lowest BCUT2D eigenvalue weighted by molar-refractivity contribution is 0.651. The van der Waals surface area contributed by atoms with Gasteiger partial charge in [-0.15, -0.1) is 0 Å². The first-order valence-corrected chi connectivity index (χ1v) is 8.21. The Morgan fingerprint density at radius 3 is 2.57 bits per heavy atom. The second-order valence-electron chi connectivity index (χ2n) is 5.44. The van der Waals surface area contributed by atoms with Crippen LogP contribution in [0, 0.1) is 6.92 Å². The molecule has 2 aromatic carbocycles. The van der Waals surface area contributed by atoms with Gasteiger partial charge in [0.2, 0.25) is 0 Å². The summed E-state index contributed by atoms with van der Waals surface area (Å²) in [5, 5.41) is 0.